The number of rotatable bonds is 2. The van der Waals surface area contributed by atoms with Crippen LogP contribution in [0.1, 0.15) is 5.56 Å². The molecule has 0 spiro atoms. The molecule has 0 atom stereocenters. The first-order chi connectivity index (χ1) is 5.24. The number of hydrogen-bond acceptors (Lipinski definition) is 1. The van der Waals surface area contributed by atoms with Gasteiger partial charge in [-0.15, -0.1) is 0 Å². The van der Waals surface area contributed by atoms with Crippen molar-refractivity contribution in [1.29, 1.82) is 0 Å². The Kier molecular flexibility index (Phi) is 2.60. The van der Waals surface area contributed by atoms with Gasteiger partial charge >= 0.3 is 0 Å². The summed E-state index contributed by atoms with van der Waals surface area (Å²) < 4.78 is 0. The molecule has 1 rings (SSSR count). The lowest BCUT2D eigenvalue weighted by atomic mass is 10.2. The van der Waals surface area contributed by atoms with Crippen LogP contribution in [0.4, 0.5) is 5.69 Å². The molecule has 1 nitrogen and oxygen atoms in total. The van der Waals surface area contributed by atoms with Crippen LogP contribution in [-0.2, 0) is 0 Å². The first-order valence-electron chi connectivity index (χ1n) is 3.49. The van der Waals surface area contributed by atoms with E-state index >= 15 is 0 Å². The molecular formula is C9H11NS. The van der Waals surface area contributed by atoms with E-state index in [0.717, 1.165) is 5.69 Å². The van der Waals surface area contributed by atoms with Crippen LogP contribution in [-0.4, -0.2) is 12.5 Å². The normalized spacial score (nSPS) is 9.27. The Bertz CT molecular complexity index is 240. The van der Waals surface area contributed by atoms with Gasteiger partial charge in [0, 0.05) is 12.7 Å². The molecule has 2 heteroatoms. The third-order valence-corrected chi connectivity index (χ3v) is 1.92. The molecule has 1 aromatic carbocycles. The van der Waals surface area contributed by atoms with E-state index in [0.29, 0.717) is 0 Å². The van der Waals surface area contributed by atoms with Crippen molar-refractivity contribution in [2.24, 2.45) is 0 Å². The van der Waals surface area contributed by atoms with Gasteiger partial charge in [0.05, 0.1) is 5.49 Å². The van der Waals surface area contributed by atoms with E-state index in [4.69, 9.17) is 12.2 Å². The predicted octanol–water partition coefficient (Wildman–Crippen LogP) is 2.39. The summed E-state index contributed by atoms with van der Waals surface area (Å²) in [6.45, 7) is 2.07. The average Bonchev–Trinajstić information content (AvgIpc) is 2.05. The van der Waals surface area contributed by atoms with Gasteiger partial charge in [0.15, 0.2) is 0 Å². The van der Waals surface area contributed by atoms with Gasteiger partial charge < -0.3 is 4.90 Å². The summed E-state index contributed by atoms with van der Waals surface area (Å²) in [6.07, 6.45) is 0. The number of thiocarbonyl (C=S) groups is 1. The molecule has 0 heterocycles. The fourth-order valence-electron chi connectivity index (χ4n) is 0.841. The molecule has 0 radical (unpaired) electrons. The summed E-state index contributed by atoms with van der Waals surface area (Å²) in [7, 11) is 1.94. The highest BCUT2D eigenvalue weighted by molar-refractivity contribution is 7.79. The molecule has 1 aromatic rings. The third kappa shape index (κ3) is 2.02. The van der Waals surface area contributed by atoms with Crippen LogP contribution in [0, 0.1) is 6.92 Å². The highest BCUT2D eigenvalue weighted by Crippen LogP contribution is 2.11. The summed E-state index contributed by atoms with van der Waals surface area (Å²) in [5.74, 6) is 0. The van der Waals surface area contributed by atoms with E-state index in [1.165, 1.54) is 5.56 Å². The van der Waals surface area contributed by atoms with Crippen molar-refractivity contribution in [1.82, 2.24) is 0 Å². The highest BCUT2D eigenvalue weighted by atomic mass is 32.1. The highest BCUT2D eigenvalue weighted by Gasteiger charge is 1.93. The second-order valence-corrected chi connectivity index (χ2v) is 2.76. The van der Waals surface area contributed by atoms with Crippen LogP contribution in [0.15, 0.2) is 24.3 Å². The van der Waals surface area contributed by atoms with E-state index in [-0.39, 0.29) is 0 Å². The standard InChI is InChI=1S/C9H11NS/c1-8-3-5-9(6-4-8)10(2)7-11/h3-7H,1-2H3. The maximum absolute atomic E-state index is 4.79. The van der Waals surface area contributed by atoms with E-state index in [1.54, 1.807) is 5.49 Å². The molecule has 0 saturated carbocycles. The van der Waals surface area contributed by atoms with Crippen LogP contribution in [0.25, 0.3) is 0 Å². The number of anilines is 1. The van der Waals surface area contributed by atoms with Gasteiger partial charge in [-0.05, 0) is 19.1 Å². The monoisotopic (exact) mass is 165 g/mol. The van der Waals surface area contributed by atoms with Gasteiger partial charge in [0.25, 0.3) is 0 Å². The molecule has 0 aliphatic rings. The zero-order chi connectivity index (χ0) is 8.27. The summed E-state index contributed by atoms with van der Waals surface area (Å²) >= 11 is 4.79. The minimum atomic E-state index is 1.13. The Morgan fingerprint density at radius 1 is 1.27 bits per heavy atom. The van der Waals surface area contributed by atoms with Crippen molar-refractivity contribution in [2.75, 3.05) is 11.9 Å². The first kappa shape index (κ1) is 8.21. The molecule has 0 unspecified atom stereocenters. The number of nitrogens with zero attached hydrogens (tertiary/aromatic N) is 1. The SMILES string of the molecule is Cc1ccc(N(C)C=S)cc1. The lowest BCUT2D eigenvalue weighted by molar-refractivity contribution is 1.30. The van der Waals surface area contributed by atoms with E-state index in [2.05, 4.69) is 31.2 Å². The van der Waals surface area contributed by atoms with Gasteiger partial charge in [0.2, 0.25) is 0 Å². The molecule has 0 N–H and O–H groups in total. The van der Waals surface area contributed by atoms with Crippen molar-refractivity contribution < 1.29 is 0 Å². The molecule has 0 aromatic heterocycles. The van der Waals surface area contributed by atoms with Gasteiger partial charge in [-0.3, -0.25) is 0 Å². The molecule has 0 aliphatic heterocycles. The molecule has 0 amide bonds. The Balaban J connectivity index is 2.89. The lowest BCUT2D eigenvalue weighted by Crippen LogP contribution is -2.11. The first-order valence-corrected chi connectivity index (χ1v) is 3.96. The fourth-order valence-corrected chi connectivity index (χ4v) is 0.962. The second-order valence-electron chi connectivity index (χ2n) is 2.55. The van der Waals surface area contributed by atoms with Crippen LogP contribution in [0.2, 0.25) is 0 Å². The molecule has 0 bridgehead atoms. The number of hydrogen-bond donors (Lipinski definition) is 0. The smallest absolute Gasteiger partial charge is 0.0682 e. The van der Waals surface area contributed by atoms with Crippen molar-refractivity contribution in [2.45, 2.75) is 6.92 Å². The minimum Gasteiger partial charge on any atom is -0.342 e. The van der Waals surface area contributed by atoms with Crippen LogP contribution < -0.4 is 4.90 Å². The maximum Gasteiger partial charge on any atom is 0.0682 e. The molecular weight excluding hydrogens is 154 g/mol. The Labute approximate surface area is 72.6 Å². The molecule has 0 saturated heterocycles. The maximum atomic E-state index is 4.79. The molecule has 0 aliphatic carbocycles. The van der Waals surface area contributed by atoms with E-state index in [1.807, 2.05) is 11.9 Å². The third-order valence-electron chi connectivity index (χ3n) is 1.60. The Morgan fingerprint density at radius 2 is 1.82 bits per heavy atom. The quantitative estimate of drug-likeness (QED) is 0.619. The second kappa shape index (κ2) is 3.49. The van der Waals surface area contributed by atoms with Crippen molar-refractivity contribution >= 4 is 23.4 Å². The summed E-state index contributed by atoms with van der Waals surface area (Å²) in [5.41, 5.74) is 4.03. The van der Waals surface area contributed by atoms with Crippen molar-refractivity contribution in [3.8, 4) is 0 Å². The van der Waals surface area contributed by atoms with E-state index < -0.39 is 0 Å². The largest absolute Gasteiger partial charge is 0.342 e. The van der Waals surface area contributed by atoms with Crippen molar-refractivity contribution in [3.05, 3.63) is 29.8 Å². The molecule has 58 valence electrons. The molecule has 11 heavy (non-hydrogen) atoms. The topological polar surface area (TPSA) is 3.24 Å². The van der Waals surface area contributed by atoms with Gasteiger partial charge in [-0.2, -0.15) is 0 Å². The van der Waals surface area contributed by atoms with Crippen LogP contribution in [0.5, 0.6) is 0 Å². The zero-order valence-electron chi connectivity index (χ0n) is 6.74. The summed E-state index contributed by atoms with van der Waals surface area (Å²) in [4.78, 5) is 1.91. The zero-order valence-corrected chi connectivity index (χ0v) is 7.56. The van der Waals surface area contributed by atoms with Gasteiger partial charge in [-0.25, -0.2) is 0 Å². The van der Waals surface area contributed by atoms with Gasteiger partial charge in [-0.1, -0.05) is 29.9 Å². The van der Waals surface area contributed by atoms with Crippen LogP contribution >= 0.6 is 12.2 Å². The Morgan fingerprint density at radius 3 is 2.27 bits per heavy atom. The Hall–Kier alpha value is -0.890. The average molecular weight is 165 g/mol. The lowest BCUT2D eigenvalue weighted by Gasteiger charge is -2.11. The fraction of sp³-hybridized carbons (Fsp3) is 0.222. The van der Waals surface area contributed by atoms with Gasteiger partial charge in [0.1, 0.15) is 0 Å². The summed E-state index contributed by atoms with van der Waals surface area (Å²) in [5, 5.41) is 0. The van der Waals surface area contributed by atoms with Crippen LogP contribution in [0.3, 0.4) is 0 Å². The minimum absolute atomic E-state index is 1.13. The summed E-state index contributed by atoms with van der Waals surface area (Å²) in [6, 6.07) is 8.26. The molecule has 0 fully saturated rings. The van der Waals surface area contributed by atoms with Crippen molar-refractivity contribution in [3.63, 3.8) is 0 Å². The van der Waals surface area contributed by atoms with E-state index in [9.17, 15) is 0 Å². The predicted molar refractivity (Wildman–Crippen MR) is 53.2 cm³/mol. The number of benzene rings is 1. The number of aryl methyl sites for hydroxylation is 1.